The molecule has 26 heavy (non-hydrogen) atoms. The SMILES string of the molecule is O=C(Nc1n[nH]c([C@H]2CCCO2)n1)C1CCN(c2ccc(Cl)nn2)CC1. The van der Waals surface area contributed by atoms with Crippen molar-refractivity contribution in [3.63, 3.8) is 0 Å². The minimum atomic E-state index is -0.0730. The van der Waals surface area contributed by atoms with Gasteiger partial charge in [0.15, 0.2) is 16.8 Å². The minimum absolute atomic E-state index is 0.0446. The van der Waals surface area contributed by atoms with Gasteiger partial charge in [-0.3, -0.25) is 15.2 Å². The van der Waals surface area contributed by atoms with E-state index in [-0.39, 0.29) is 17.9 Å². The van der Waals surface area contributed by atoms with Crippen LogP contribution in [-0.2, 0) is 9.53 Å². The number of ether oxygens (including phenoxy) is 1. The van der Waals surface area contributed by atoms with Gasteiger partial charge < -0.3 is 9.64 Å². The Hall–Kier alpha value is -2.26. The Labute approximate surface area is 155 Å². The number of aromatic nitrogens is 5. The molecule has 4 heterocycles. The number of carbonyl (C=O) groups excluding carboxylic acids is 1. The third-order valence-corrected chi connectivity index (χ3v) is 4.98. The predicted octanol–water partition coefficient (Wildman–Crippen LogP) is 1.95. The molecule has 138 valence electrons. The maximum Gasteiger partial charge on any atom is 0.248 e. The van der Waals surface area contributed by atoms with Crippen molar-refractivity contribution in [2.45, 2.75) is 31.8 Å². The fourth-order valence-corrected chi connectivity index (χ4v) is 3.43. The maximum absolute atomic E-state index is 12.5. The summed E-state index contributed by atoms with van der Waals surface area (Å²) in [5.41, 5.74) is 0. The van der Waals surface area contributed by atoms with Crippen LogP contribution in [0.25, 0.3) is 0 Å². The number of halogens is 1. The fourth-order valence-electron chi connectivity index (χ4n) is 3.33. The van der Waals surface area contributed by atoms with Crippen molar-refractivity contribution in [3.8, 4) is 0 Å². The molecule has 2 aliphatic heterocycles. The molecule has 2 saturated heterocycles. The van der Waals surface area contributed by atoms with Gasteiger partial charge in [0, 0.05) is 25.6 Å². The zero-order valence-electron chi connectivity index (χ0n) is 14.2. The van der Waals surface area contributed by atoms with Crippen molar-refractivity contribution >= 4 is 29.3 Å². The molecule has 0 aromatic carbocycles. The number of amides is 1. The lowest BCUT2D eigenvalue weighted by Gasteiger charge is -2.31. The second kappa shape index (κ2) is 7.55. The molecule has 0 aliphatic carbocycles. The van der Waals surface area contributed by atoms with Crippen LogP contribution in [0, 0.1) is 5.92 Å². The normalized spacial score (nSPS) is 21.1. The number of nitrogens with one attached hydrogen (secondary N) is 2. The lowest BCUT2D eigenvalue weighted by Crippen LogP contribution is -2.38. The summed E-state index contributed by atoms with van der Waals surface area (Å²) in [5.74, 6) is 1.64. The summed E-state index contributed by atoms with van der Waals surface area (Å²) in [4.78, 5) is 18.9. The fraction of sp³-hybridized carbons (Fsp3) is 0.562. The van der Waals surface area contributed by atoms with E-state index < -0.39 is 0 Å². The Bertz CT molecular complexity index is 752. The van der Waals surface area contributed by atoms with Crippen LogP contribution in [0.2, 0.25) is 5.15 Å². The summed E-state index contributed by atoms with van der Waals surface area (Å²) in [6.07, 6.45) is 3.37. The van der Waals surface area contributed by atoms with Crippen molar-refractivity contribution in [2.75, 3.05) is 29.9 Å². The second-order valence-corrected chi connectivity index (χ2v) is 6.90. The zero-order chi connectivity index (χ0) is 17.9. The Kier molecular flexibility index (Phi) is 4.98. The van der Waals surface area contributed by atoms with Crippen LogP contribution in [0.1, 0.15) is 37.6 Å². The first-order valence-electron chi connectivity index (χ1n) is 8.78. The lowest BCUT2D eigenvalue weighted by atomic mass is 9.96. The highest BCUT2D eigenvalue weighted by Crippen LogP contribution is 2.27. The molecule has 2 N–H and O–H groups in total. The smallest absolute Gasteiger partial charge is 0.248 e. The van der Waals surface area contributed by atoms with Gasteiger partial charge in [-0.15, -0.1) is 15.3 Å². The monoisotopic (exact) mass is 377 g/mol. The largest absolute Gasteiger partial charge is 0.370 e. The Balaban J connectivity index is 1.30. The molecule has 0 unspecified atom stereocenters. The van der Waals surface area contributed by atoms with Crippen LogP contribution in [0.4, 0.5) is 11.8 Å². The second-order valence-electron chi connectivity index (χ2n) is 6.51. The molecule has 0 bridgehead atoms. The highest BCUT2D eigenvalue weighted by Gasteiger charge is 2.27. The predicted molar refractivity (Wildman–Crippen MR) is 94.9 cm³/mol. The van der Waals surface area contributed by atoms with Crippen LogP contribution in [0.5, 0.6) is 0 Å². The van der Waals surface area contributed by atoms with Gasteiger partial charge >= 0.3 is 0 Å². The number of rotatable bonds is 4. The third kappa shape index (κ3) is 3.78. The summed E-state index contributed by atoms with van der Waals surface area (Å²) in [6, 6.07) is 3.56. The van der Waals surface area contributed by atoms with E-state index in [0.717, 1.165) is 51.2 Å². The molecule has 0 radical (unpaired) electrons. The van der Waals surface area contributed by atoms with Gasteiger partial charge in [-0.25, -0.2) is 0 Å². The number of H-pyrrole nitrogens is 1. The Morgan fingerprint density at radius 3 is 2.81 bits per heavy atom. The highest BCUT2D eigenvalue weighted by molar-refractivity contribution is 6.29. The molecule has 2 aromatic rings. The van der Waals surface area contributed by atoms with E-state index in [0.29, 0.717) is 16.9 Å². The van der Waals surface area contributed by atoms with Crippen molar-refractivity contribution in [1.29, 1.82) is 0 Å². The van der Waals surface area contributed by atoms with E-state index in [2.05, 4.69) is 35.6 Å². The molecule has 0 spiro atoms. The molecular weight excluding hydrogens is 358 g/mol. The first-order valence-corrected chi connectivity index (χ1v) is 9.16. The first kappa shape index (κ1) is 17.2. The number of carbonyl (C=O) groups is 1. The topological polar surface area (TPSA) is 109 Å². The minimum Gasteiger partial charge on any atom is -0.370 e. The average Bonchev–Trinajstić information content (AvgIpc) is 3.34. The van der Waals surface area contributed by atoms with Crippen LogP contribution in [0.15, 0.2) is 12.1 Å². The Morgan fingerprint density at radius 1 is 1.27 bits per heavy atom. The van der Waals surface area contributed by atoms with Gasteiger partial charge in [0.05, 0.1) is 0 Å². The van der Waals surface area contributed by atoms with E-state index in [1.54, 1.807) is 6.07 Å². The molecule has 4 rings (SSSR count). The van der Waals surface area contributed by atoms with Gasteiger partial charge in [-0.05, 0) is 37.8 Å². The number of nitrogens with zero attached hydrogens (tertiary/aromatic N) is 5. The summed E-state index contributed by atoms with van der Waals surface area (Å²) in [5, 5.41) is 18.1. The molecule has 2 fully saturated rings. The van der Waals surface area contributed by atoms with E-state index in [4.69, 9.17) is 16.3 Å². The quantitative estimate of drug-likeness (QED) is 0.838. The van der Waals surface area contributed by atoms with Gasteiger partial charge in [-0.2, -0.15) is 4.98 Å². The van der Waals surface area contributed by atoms with Gasteiger partial charge in [0.2, 0.25) is 11.9 Å². The lowest BCUT2D eigenvalue weighted by molar-refractivity contribution is -0.120. The van der Waals surface area contributed by atoms with Gasteiger partial charge in [0.25, 0.3) is 0 Å². The number of hydrogen-bond donors (Lipinski definition) is 2. The third-order valence-electron chi connectivity index (χ3n) is 4.78. The van der Waals surface area contributed by atoms with Crippen LogP contribution in [0.3, 0.4) is 0 Å². The molecule has 2 aromatic heterocycles. The van der Waals surface area contributed by atoms with Crippen molar-refractivity contribution < 1.29 is 9.53 Å². The van der Waals surface area contributed by atoms with E-state index in [9.17, 15) is 4.79 Å². The summed E-state index contributed by atoms with van der Waals surface area (Å²) < 4.78 is 5.56. The van der Waals surface area contributed by atoms with Crippen LogP contribution in [-0.4, -0.2) is 51.0 Å². The number of piperidine rings is 1. The van der Waals surface area contributed by atoms with Gasteiger partial charge in [0.1, 0.15) is 6.10 Å². The standard InChI is InChI=1S/C16H20ClN7O2/c17-12-3-4-13(21-20-12)24-7-5-10(6-8-24)15(25)19-16-18-14(22-23-16)11-2-1-9-26-11/h3-4,10-11H,1-2,5-9H2,(H2,18,19,22,23,25)/t11-/m1/s1. The molecule has 1 atom stereocenters. The van der Waals surface area contributed by atoms with Gasteiger partial charge in [-0.1, -0.05) is 11.6 Å². The van der Waals surface area contributed by atoms with Crippen molar-refractivity contribution in [2.24, 2.45) is 5.92 Å². The molecule has 1 amide bonds. The van der Waals surface area contributed by atoms with E-state index in [1.807, 2.05) is 6.07 Å². The van der Waals surface area contributed by atoms with Crippen molar-refractivity contribution in [3.05, 3.63) is 23.1 Å². The zero-order valence-corrected chi connectivity index (χ0v) is 14.9. The number of hydrogen-bond acceptors (Lipinski definition) is 7. The number of aromatic amines is 1. The van der Waals surface area contributed by atoms with E-state index in [1.165, 1.54) is 0 Å². The molecule has 10 heteroatoms. The van der Waals surface area contributed by atoms with Crippen LogP contribution >= 0.6 is 11.6 Å². The summed E-state index contributed by atoms with van der Waals surface area (Å²) >= 11 is 5.77. The molecule has 9 nitrogen and oxygen atoms in total. The molecule has 2 aliphatic rings. The highest BCUT2D eigenvalue weighted by atomic mass is 35.5. The summed E-state index contributed by atoms with van der Waals surface area (Å²) in [7, 11) is 0. The first-order chi connectivity index (χ1) is 12.7. The van der Waals surface area contributed by atoms with Crippen LogP contribution < -0.4 is 10.2 Å². The number of anilines is 2. The average molecular weight is 378 g/mol. The van der Waals surface area contributed by atoms with Crippen molar-refractivity contribution in [1.82, 2.24) is 25.4 Å². The molecular formula is C16H20ClN7O2. The summed E-state index contributed by atoms with van der Waals surface area (Å²) in [6.45, 7) is 2.22. The maximum atomic E-state index is 12.5. The molecule has 0 saturated carbocycles. The Morgan fingerprint density at radius 2 is 2.12 bits per heavy atom. The van der Waals surface area contributed by atoms with E-state index >= 15 is 0 Å².